The molecule has 0 aliphatic heterocycles. The lowest BCUT2D eigenvalue weighted by Crippen LogP contribution is -2.28. The molecule has 3 heteroatoms. The van der Waals surface area contributed by atoms with Gasteiger partial charge in [-0.15, -0.1) is 0 Å². The van der Waals surface area contributed by atoms with Gasteiger partial charge < -0.3 is 4.90 Å². The smallest absolute Gasteiger partial charge is 0.0839 e. The van der Waals surface area contributed by atoms with Crippen molar-refractivity contribution in [3.05, 3.63) is 35.9 Å². The van der Waals surface area contributed by atoms with Crippen molar-refractivity contribution in [3.63, 3.8) is 0 Å². The molecule has 0 spiro atoms. The zero-order valence-electron chi connectivity index (χ0n) is 10.3. The van der Waals surface area contributed by atoms with Gasteiger partial charge in [-0.3, -0.25) is 0 Å². The third-order valence-corrected chi connectivity index (χ3v) is 2.66. The van der Waals surface area contributed by atoms with Crippen LogP contribution in [0.2, 0.25) is 0 Å². The summed E-state index contributed by atoms with van der Waals surface area (Å²) in [5.41, 5.74) is 1.03. The van der Waals surface area contributed by atoms with Crippen LogP contribution in [0.1, 0.15) is 18.4 Å². The third-order valence-electron chi connectivity index (χ3n) is 2.66. The zero-order valence-corrected chi connectivity index (χ0v) is 10.3. The maximum absolute atomic E-state index is 9.18. The quantitative estimate of drug-likeness (QED) is 0.776. The molecule has 3 nitrogen and oxygen atoms in total. The highest BCUT2D eigenvalue weighted by molar-refractivity contribution is 5.25. The van der Waals surface area contributed by atoms with Crippen LogP contribution in [0.4, 0.5) is 0 Å². The third kappa shape index (κ3) is 4.26. The van der Waals surface area contributed by atoms with Crippen LogP contribution in [-0.4, -0.2) is 25.0 Å². The molecule has 0 saturated heterocycles. The molecule has 0 saturated carbocycles. The van der Waals surface area contributed by atoms with Crippen molar-refractivity contribution in [1.82, 2.24) is 4.90 Å². The van der Waals surface area contributed by atoms with Crippen molar-refractivity contribution in [3.8, 4) is 12.1 Å². The number of nitrogens with zero attached hydrogens (tertiary/aromatic N) is 3. The number of hydrogen-bond donors (Lipinski definition) is 0. The van der Waals surface area contributed by atoms with Crippen LogP contribution < -0.4 is 0 Å². The Kier molecular flexibility index (Phi) is 5.20. The van der Waals surface area contributed by atoms with Gasteiger partial charge in [-0.05, 0) is 19.5 Å². The topological polar surface area (TPSA) is 50.8 Å². The molecule has 0 radical (unpaired) electrons. The molecular weight excluding hydrogens is 210 g/mol. The monoisotopic (exact) mass is 227 g/mol. The molecule has 0 aliphatic carbocycles. The van der Waals surface area contributed by atoms with Crippen molar-refractivity contribution in [2.75, 3.05) is 20.1 Å². The predicted octanol–water partition coefficient (Wildman–Crippen LogP) is 2.39. The molecule has 0 fully saturated rings. The minimum absolute atomic E-state index is 0.00452. The second-order valence-corrected chi connectivity index (χ2v) is 4.34. The van der Waals surface area contributed by atoms with Gasteiger partial charge in [0, 0.05) is 13.1 Å². The van der Waals surface area contributed by atoms with E-state index in [-0.39, 0.29) is 11.8 Å². The van der Waals surface area contributed by atoms with Crippen molar-refractivity contribution >= 4 is 0 Å². The highest BCUT2D eigenvalue weighted by Crippen LogP contribution is 2.15. The van der Waals surface area contributed by atoms with Gasteiger partial charge in [0.1, 0.15) is 0 Å². The van der Waals surface area contributed by atoms with Crippen LogP contribution in [0.15, 0.2) is 30.3 Å². The summed E-state index contributed by atoms with van der Waals surface area (Å²) in [6, 6.07) is 14.3. The van der Waals surface area contributed by atoms with Gasteiger partial charge in [0.05, 0.1) is 24.0 Å². The van der Waals surface area contributed by atoms with E-state index in [0.29, 0.717) is 13.1 Å². The Hall–Kier alpha value is -1.84. The first-order valence-electron chi connectivity index (χ1n) is 5.70. The van der Waals surface area contributed by atoms with Crippen molar-refractivity contribution in [1.29, 1.82) is 10.5 Å². The van der Waals surface area contributed by atoms with E-state index >= 15 is 0 Å². The fraction of sp³-hybridized carbons (Fsp3) is 0.429. The summed E-state index contributed by atoms with van der Waals surface area (Å²) in [4.78, 5) is 2.04. The van der Waals surface area contributed by atoms with Crippen molar-refractivity contribution < 1.29 is 0 Å². The first-order chi connectivity index (χ1) is 8.17. The first-order valence-corrected chi connectivity index (χ1v) is 5.70. The van der Waals surface area contributed by atoms with E-state index < -0.39 is 0 Å². The summed E-state index contributed by atoms with van der Waals surface area (Å²) >= 11 is 0. The number of nitriles is 2. The SMILES string of the molecule is CC(C#N)CN(C)CC(C#N)c1ccccc1. The fourth-order valence-electron chi connectivity index (χ4n) is 1.80. The average molecular weight is 227 g/mol. The Balaban J connectivity index is 2.60. The lowest BCUT2D eigenvalue weighted by molar-refractivity contribution is 0.305. The Morgan fingerprint density at radius 2 is 1.76 bits per heavy atom. The standard InChI is InChI=1S/C14H17N3/c1-12(8-15)10-17(2)11-14(9-16)13-6-4-3-5-7-13/h3-7,12,14H,10-11H2,1-2H3. The molecule has 1 rings (SSSR count). The summed E-state index contributed by atoms with van der Waals surface area (Å²) in [7, 11) is 1.95. The van der Waals surface area contributed by atoms with Crippen LogP contribution in [0.3, 0.4) is 0 Å². The second-order valence-electron chi connectivity index (χ2n) is 4.34. The summed E-state index contributed by atoms with van der Waals surface area (Å²) in [6.07, 6.45) is 0. The Morgan fingerprint density at radius 3 is 2.29 bits per heavy atom. The molecule has 0 amide bonds. The van der Waals surface area contributed by atoms with Gasteiger partial charge in [0.15, 0.2) is 0 Å². The van der Waals surface area contributed by atoms with Crippen LogP contribution in [0.5, 0.6) is 0 Å². The Labute approximate surface area is 103 Å². The lowest BCUT2D eigenvalue weighted by atomic mass is 10.00. The summed E-state index contributed by atoms with van der Waals surface area (Å²) in [5.74, 6) is -0.137. The van der Waals surface area contributed by atoms with Crippen molar-refractivity contribution in [2.45, 2.75) is 12.8 Å². The Bertz CT molecular complexity index is 413. The highest BCUT2D eigenvalue weighted by atomic mass is 15.1. The summed E-state index contributed by atoms with van der Waals surface area (Å²) in [5, 5.41) is 17.9. The number of likely N-dealkylation sites (N-methyl/N-ethyl adjacent to an activating group) is 1. The molecule has 17 heavy (non-hydrogen) atoms. The van der Waals surface area contributed by atoms with Crippen LogP contribution in [-0.2, 0) is 0 Å². The maximum Gasteiger partial charge on any atom is 0.0839 e. The molecule has 0 N–H and O–H groups in total. The van der Waals surface area contributed by atoms with Crippen molar-refractivity contribution in [2.24, 2.45) is 5.92 Å². The van der Waals surface area contributed by atoms with Gasteiger partial charge in [-0.1, -0.05) is 30.3 Å². The maximum atomic E-state index is 9.18. The van der Waals surface area contributed by atoms with E-state index in [0.717, 1.165) is 5.56 Å². The van der Waals surface area contributed by atoms with E-state index in [2.05, 4.69) is 12.1 Å². The normalized spacial score (nSPS) is 13.7. The van der Waals surface area contributed by atoms with E-state index in [1.165, 1.54) is 0 Å². The number of hydrogen-bond acceptors (Lipinski definition) is 3. The van der Waals surface area contributed by atoms with E-state index in [4.69, 9.17) is 5.26 Å². The van der Waals surface area contributed by atoms with E-state index in [1.807, 2.05) is 49.2 Å². The lowest BCUT2D eigenvalue weighted by Gasteiger charge is -2.20. The largest absolute Gasteiger partial charge is 0.303 e. The fourth-order valence-corrected chi connectivity index (χ4v) is 1.80. The molecule has 2 atom stereocenters. The molecule has 0 aliphatic rings. The molecule has 0 heterocycles. The second kappa shape index (κ2) is 6.68. The predicted molar refractivity (Wildman–Crippen MR) is 67.1 cm³/mol. The number of rotatable bonds is 5. The molecule has 88 valence electrons. The Morgan fingerprint density at radius 1 is 1.12 bits per heavy atom. The van der Waals surface area contributed by atoms with Crippen LogP contribution in [0.25, 0.3) is 0 Å². The number of benzene rings is 1. The first kappa shape index (κ1) is 13.2. The van der Waals surface area contributed by atoms with Crippen LogP contribution >= 0.6 is 0 Å². The summed E-state index contributed by atoms with van der Waals surface area (Å²) < 4.78 is 0. The molecular formula is C14H17N3. The van der Waals surface area contributed by atoms with Gasteiger partial charge in [-0.2, -0.15) is 10.5 Å². The molecule has 0 bridgehead atoms. The average Bonchev–Trinajstić information content (AvgIpc) is 2.36. The minimum atomic E-state index is -0.132. The van der Waals surface area contributed by atoms with E-state index in [9.17, 15) is 5.26 Å². The molecule has 2 unspecified atom stereocenters. The molecule has 1 aromatic rings. The van der Waals surface area contributed by atoms with E-state index in [1.54, 1.807) is 0 Å². The molecule has 0 aromatic heterocycles. The zero-order chi connectivity index (χ0) is 12.7. The summed E-state index contributed by atoms with van der Waals surface area (Å²) in [6.45, 7) is 3.24. The highest BCUT2D eigenvalue weighted by Gasteiger charge is 2.14. The van der Waals surface area contributed by atoms with Crippen LogP contribution in [0, 0.1) is 28.6 Å². The van der Waals surface area contributed by atoms with Gasteiger partial charge in [0.25, 0.3) is 0 Å². The minimum Gasteiger partial charge on any atom is -0.303 e. The van der Waals surface area contributed by atoms with Gasteiger partial charge >= 0.3 is 0 Å². The van der Waals surface area contributed by atoms with Gasteiger partial charge in [-0.25, -0.2) is 0 Å². The molecule has 1 aromatic carbocycles. The van der Waals surface area contributed by atoms with Gasteiger partial charge in [0.2, 0.25) is 0 Å².